The molecule has 0 aromatic heterocycles. The van der Waals surface area contributed by atoms with Crippen molar-refractivity contribution in [3.8, 4) is 0 Å². The zero-order chi connectivity index (χ0) is 18.9. The summed E-state index contributed by atoms with van der Waals surface area (Å²) in [5.41, 5.74) is 3.25. The first-order chi connectivity index (χ1) is 12.5. The van der Waals surface area contributed by atoms with Gasteiger partial charge in [0.05, 0.1) is 18.3 Å². The molecule has 5 heteroatoms. The van der Waals surface area contributed by atoms with E-state index in [2.05, 4.69) is 12.2 Å². The van der Waals surface area contributed by atoms with Crippen LogP contribution in [0.1, 0.15) is 42.3 Å². The molecule has 0 atom stereocenters. The molecule has 0 saturated carbocycles. The molecule has 2 aromatic carbocycles. The van der Waals surface area contributed by atoms with Crippen LogP contribution >= 0.6 is 0 Å². The maximum Gasteiger partial charge on any atom is 0.338 e. The molecule has 26 heavy (non-hydrogen) atoms. The van der Waals surface area contributed by atoms with Crippen LogP contribution in [0.25, 0.3) is 0 Å². The zero-order valence-corrected chi connectivity index (χ0v) is 15.5. The second kappa shape index (κ2) is 9.73. The van der Waals surface area contributed by atoms with Gasteiger partial charge in [0, 0.05) is 5.69 Å². The van der Waals surface area contributed by atoms with Gasteiger partial charge in [-0.1, -0.05) is 31.2 Å². The molecular formula is C21H25NO4. The average Bonchev–Trinajstić information content (AvgIpc) is 2.65. The summed E-state index contributed by atoms with van der Waals surface area (Å²) in [6.07, 6.45) is 1.09. The number of carbonyl (C=O) groups is 2. The van der Waals surface area contributed by atoms with Crippen molar-refractivity contribution in [1.29, 1.82) is 0 Å². The predicted octanol–water partition coefficient (Wildman–Crippen LogP) is 3.97. The van der Waals surface area contributed by atoms with Crippen LogP contribution in [0, 0.1) is 0 Å². The molecule has 0 fully saturated rings. The zero-order valence-electron chi connectivity index (χ0n) is 15.5. The maximum absolute atomic E-state index is 12.0. The van der Waals surface area contributed by atoms with Gasteiger partial charge >= 0.3 is 5.97 Å². The first-order valence-corrected chi connectivity index (χ1v) is 8.74. The topological polar surface area (TPSA) is 64.6 Å². The van der Waals surface area contributed by atoms with Gasteiger partial charge < -0.3 is 14.8 Å². The van der Waals surface area contributed by atoms with Gasteiger partial charge in [0.1, 0.15) is 0 Å². The number of amides is 1. The normalized spacial score (nSPS) is 10.6. The van der Waals surface area contributed by atoms with Crippen molar-refractivity contribution >= 4 is 17.6 Å². The number of benzene rings is 2. The Morgan fingerprint density at radius 2 is 1.58 bits per heavy atom. The number of hydrogen-bond donors (Lipinski definition) is 1. The van der Waals surface area contributed by atoms with E-state index in [0.717, 1.165) is 12.0 Å². The number of ether oxygens (including phenoxy) is 2. The van der Waals surface area contributed by atoms with Crippen molar-refractivity contribution in [3.63, 3.8) is 0 Å². The molecule has 1 N–H and O–H groups in total. The summed E-state index contributed by atoms with van der Waals surface area (Å²) in [5.74, 6) is -0.901. The van der Waals surface area contributed by atoms with Crippen LogP contribution in [-0.4, -0.2) is 24.6 Å². The molecule has 0 unspecified atom stereocenters. The Bertz CT molecular complexity index is 721. The molecule has 0 aliphatic heterocycles. The molecule has 0 bridgehead atoms. The quantitative estimate of drug-likeness (QED) is 0.728. The van der Waals surface area contributed by atoms with Crippen molar-refractivity contribution in [3.05, 3.63) is 65.2 Å². The van der Waals surface area contributed by atoms with Crippen LogP contribution < -0.4 is 5.32 Å². The number of carbonyl (C=O) groups excluding carboxylic acids is 2. The van der Waals surface area contributed by atoms with Gasteiger partial charge in [-0.2, -0.15) is 0 Å². The highest BCUT2D eigenvalue weighted by atomic mass is 16.5. The Kier molecular flexibility index (Phi) is 7.36. The SMILES string of the molecule is CCc1ccc(NC(=O)COC(=O)c2ccc(COC(C)C)cc2)cc1. The van der Waals surface area contributed by atoms with Crippen LogP contribution in [0.5, 0.6) is 0 Å². The first kappa shape index (κ1) is 19.7. The molecule has 1 amide bonds. The number of hydrogen-bond acceptors (Lipinski definition) is 4. The highest BCUT2D eigenvalue weighted by Gasteiger charge is 2.10. The summed E-state index contributed by atoms with van der Waals surface area (Å²) in [4.78, 5) is 23.9. The molecule has 0 heterocycles. The van der Waals surface area contributed by atoms with Crippen LogP contribution in [0.3, 0.4) is 0 Å². The van der Waals surface area contributed by atoms with E-state index < -0.39 is 5.97 Å². The molecule has 5 nitrogen and oxygen atoms in total. The van der Waals surface area contributed by atoms with Crippen molar-refractivity contribution in [2.75, 3.05) is 11.9 Å². The summed E-state index contributed by atoms with van der Waals surface area (Å²) >= 11 is 0. The number of aryl methyl sites for hydroxylation is 1. The fourth-order valence-electron chi connectivity index (χ4n) is 2.24. The van der Waals surface area contributed by atoms with Gasteiger partial charge in [-0.25, -0.2) is 4.79 Å². The molecule has 2 rings (SSSR count). The lowest BCUT2D eigenvalue weighted by molar-refractivity contribution is -0.119. The van der Waals surface area contributed by atoms with E-state index in [0.29, 0.717) is 17.9 Å². The Hall–Kier alpha value is -2.66. The van der Waals surface area contributed by atoms with E-state index >= 15 is 0 Å². The second-order valence-corrected chi connectivity index (χ2v) is 6.23. The monoisotopic (exact) mass is 355 g/mol. The lowest BCUT2D eigenvalue weighted by Gasteiger charge is -2.09. The second-order valence-electron chi connectivity index (χ2n) is 6.23. The van der Waals surface area contributed by atoms with Gasteiger partial charge in [-0.05, 0) is 55.7 Å². The third kappa shape index (κ3) is 6.33. The molecule has 2 aromatic rings. The lowest BCUT2D eigenvalue weighted by Crippen LogP contribution is -2.20. The van der Waals surface area contributed by atoms with Crippen molar-refractivity contribution in [2.24, 2.45) is 0 Å². The van der Waals surface area contributed by atoms with Crippen LogP contribution in [-0.2, 0) is 27.3 Å². The molecule has 0 radical (unpaired) electrons. The molecule has 0 aliphatic carbocycles. The van der Waals surface area contributed by atoms with Crippen molar-refractivity contribution in [1.82, 2.24) is 0 Å². The van der Waals surface area contributed by atoms with Crippen LogP contribution in [0.2, 0.25) is 0 Å². The summed E-state index contributed by atoms with van der Waals surface area (Å²) < 4.78 is 10.6. The van der Waals surface area contributed by atoms with E-state index in [9.17, 15) is 9.59 Å². The minimum Gasteiger partial charge on any atom is -0.452 e. The van der Waals surface area contributed by atoms with E-state index in [-0.39, 0.29) is 18.6 Å². The number of rotatable bonds is 8. The molecule has 138 valence electrons. The van der Waals surface area contributed by atoms with E-state index in [1.807, 2.05) is 50.2 Å². The number of nitrogens with one attached hydrogen (secondary N) is 1. The Labute approximate surface area is 154 Å². The summed E-state index contributed by atoms with van der Waals surface area (Å²) in [6.45, 7) is 6.17. The third-order valence-corrected chi connectivity index (χ3v) is 3.75. The smallest absolute Gasteiger partial charge is 0.338 e. The minimum atomic E-state index is -0.530. The molecular weight excluding hydrogens is 330 g/mol. The summed E-state index contributed by atoms with van der Waals surface area (Å²) in [6, 6.07) is 14.5. The van der Waals surface area contributed by atoms with E-state index in [1.165, 1.54) is 5.56 Å². The number of esters is 1. The Morgan fingerprint density at radius 1 is 0.962 bits per heavy atom. The van der Waals surface area contributed by atoms with Gasteiger partial charge in [-0.3, -0.25) is 4.79 Å². The largest absolute Gasteiger partial charge is 0.452 e. The maximum atomic E-state index is 12.0. The molecule has 0 aliphatic rings. The van der Waals surface area contributed by atoms with E-state index in [1.54, 1.807) is 12.1 Å². The minimum absolute atomic E-state index is 0.149. The standard InChI is InChI=1S/C21H25NO4/c1-4-16-7-11-19(12-8-16)22-20(23)14-26-21(24)18-9-5-17(6-10-18)13-25-15(2)3/h5-12,15H,4,13-14H2,1-3H3,(H,22,23). The predicted molar refractivity (Wildman–Crippen MR) is 101 cm³/mol. The fourth-order valence-corrected chi connectivity index (χ4v) is 2.24. The van der Waals surface area contributed by atoms with Gasteiger partial charge in [-0.15, -0.1) is 0 Å². The van der Waals surface area contributed by atoms with Gasteiger partial charge in [0.2, 0.25) is 0 Å². The highest BCUT2D eigenvalue weighted by molar-refractivity contribution is 5.95. The fraction of sp³-hybridized carbons (Fsp3) is 0.333. The summed E-state index contributed by atoms with van der Waals surface area (Å²) in [5, 5.41) is 2.70. The average molecular weight is 355 g/mol. The van der Waals surface area contributed by atoms with Crippen LogP contribution in [0.4, 0.5) is 5.69 Å². The number of anilines is 1. The van der Waals surface area contributed by atoms with Crippen molar-refractivity contribution in [2.45, 2.75) is 39.9 Å². The summed E-state index contributed by atoms with van der Waals surface area (Å²) in [7, 11) is 0. The lowest BCUT2D eigenvalue weighted by atomic mass is 10.1. The first-order valence-electron chi connectivity index (χ1n) is 8.74. The van der Waals surface area contributed by atoms with Crippen LogP contribution in [0.15, 0.2) is 48.5 Å². The highest BCUT2D eigenvalue weighted by Crippen LogP contribution is 2.11. The van der Waals surface area contributed by atoms with Gasteiger partial charge in [0.25, 0.3) is 5.91 Å². The third-order valence-electron chi connectivity index (χ3n) is 3.75. The van der Waals surface area contributed by atoms with Gasteiger partial charge in [0.15, 0.2) is 6.61 Å². The molecule has 0 saturated heterocycles. The molecule has 0 spiro atoms. The Morgan fingerprint density at radius 3 is 2.15 bits per heavy atom. The Balaban J connectivity index is 1.80. The van der Waals surface area contributed by atoms with Crippen molar-refractivity contribution < 1.29 is 19.1 Å². The van der Waals surface area contributed by atoms with E-state index in [4.69, 9.17) is 9.47 Å².